The molecule has 0 aromatic carbocycles. The van der Waals surface area contributed by atoms with Crippen LogP contribution in [0.3, 0.4) is 0 Å². The minimum atomic E-state index is -0.448. The quantitative estimate of drug-likeness (QED) is 0.649. The van der Waals surface area contributed by atoms with Gasteiger partial charge in [0.1, 0.15) is 5.69 Å². The van der Waals surface area contributed by atoms with Crippen molar-refractivity contribution in [2.75, 3.05) is 26.4 Å². The second kappa shape index (κ2) is 9.09. The first-order valence-electron chi connectivity index (χ1n) is 7.70. The summed E-state index contributed by atoms with van der Waals surface area (Å²) in [7, 11) is 0. The summed E-state index contributed by atoms with van der Waals surface area (Å²) < 4.78 is 23.9. The third-order valence-corrected chi connectivity index (χ3v) is 3.20. The van der Waals surface area contributed by atoms with E-state index in [1.807, 2.05) is 20.0 Å². The molecule has 1 fully saturated rings. The predicted octanol–water partition coefficient (Wildman–Crippen LogP) is 1.89. The molecule has 0 bridgehead atoms. The van der Waals surface area contributed by atoms with Crippen LogP contribution in [0.5, 0.6) is 0 Å². The van der Waals surface area contributed by atoms with E-state index in [0.29, 0.717) is 32.1 Å². The highest BCUT2D eigenvalue weighted by atomic mass is 16.7. The number of aromatic nitrogens is 3. The highest BCUT2D eigenvalue weighted by molar-refractivity contribution is 4.94. The van der Waals surface area contributed by atoms with Gasteiger partial charge in [0.25, 0.3) is 0 Å². The van der Waals surface area contributed by atoms with Gasteiger partial charge in [0.05, 0.1) is 19.3 Å². The lowest BCUT2D eigenvalue weighted by Gasteiger charge is -2.22. The Hall–Kier alpha value is -1.02. The second-order valence-electron chi connectivity index (χ2n) is 4.82. The minimum absolute atomic E-state index is 0.0682. The summed E-state index contributed by atoms with van der Waals surface area (Å²) in [6.07, 6.45) is 4.59. The zero-order valence-corrected chi connectivity index (χ0v) is 12.9. The molecule has 0 saturated carbocycles. The zero-order valence-electron chi connectivity index (χ0n) is 12.9. The average molecular weight is 299 g/mol. The van der Waals surface area contributed by atoms with Gasteiger partial charge in [-0.15, -0.1) is 5.10 Å². The number of hydrogen-bond donors (Lipinski definition) is 0. The Morgan fingerprint density at radius 2 is 2.14 bits per heavy atom. The molecule has 0 radical (unpaired) electrons. The monoisotopic (exact) mass is 299 g/mol. The Morgan fingerprint density at radius 3 is 2.81 bits per heavy atom. The first-order valence-corrected chi connectivity index (χ1v) is 7.70. The van der Waals surface area contributed by atoms with E-state index in [-0.39, 0.29) is 6.29 Å². The van der Waals surface area contributed by atoms with Crippen molar-refractivity contribution in [2.45, 2.75) is 52.2 Å². The van der Waals surface area contributed by atoms with E-state index >= 15 is 0 Å². The van der Waals surface area contributed by atoms with Crippen molar-refractivity contribution in [3.8, 4) is 0 Å². The van der Waals surface area contributed by atoms with E-state index in [9.17, 15) is 0 Å². The Kier molecular flexibility index (Phi) is 7.08. The molecule has 2 rings (SSSR count). The Balaban J connectivity index is 1.76. The lowest BCUT2D eigenvalue weighted by molar-refractivity contribution is -0.163. The van der Waals surface area contributed by atoms with Gasteiger partial charge in [-0.25, -0.2) is 4.68 Å². The van der Waals surface area contributed by atoms with Crippen molar-refractivity contribution in [1.29, 1.82) is 0 Å². The summed E-state index contributed by atoms with van der Waals surface area (Å²) in [4.78, 5) is 0. The third kappa shape index (κ3) is 5.35. The molecular weight excluding hydrogens is 274 g/mol. The van der Waals surface area contributed by atoms with E-state index < -0.39 is 6.29 Å². The van der Waals surface area contributed by atoms with Crippen LogP contribution in [-0.4, -0.2) is 47.7 Å². The minimum Gasteiger partial charge on any atom is -0.353 e. The zero-order chi connectivity index (χ0) is 14.9. The topological polar surface area (TPSA) is 67.6 Å². The SMILES string of the molecule is CCOC(OCC)c1cn(CCOC2CCCCO2)nn1. The fourth-order valence-corrected chi connectivity index (χ4v) is 2.17. The van der Waals surface area contributed by atoms with Gasteiger partial charge in [0.15, 0.2) is 6.29 Å². The van der Waals surface area contributed by atoms with Gasteiger partial charge in [-0.3, -0.25) is 0 Å². The van der Waals surface area contributed by atoms with Crippen LogP contribution in [0.1, 0.15) is 45.1 Å². The molecule has 1 aromatic rings. The summed E-state index contributed by atoms with van der Waals surface area (Å²) >= 11 is 0. The lowest BCUT2D eigenvalue weighted by Crippen LogP contribution is -2.24. The highest BCUT2D eigenvalue weighted by Crippen LogP contribution is 2.16. The van der Waals surface area contributed by atoms with Gasteiger partial charge < -0.3 is 18.9 Å². The van der Waals surface area contributed by atoms with Crippen LogP contribution in [0, 0.1) is 0 Å². The molecule has 0 aliphatic carbocycles. The summed E-state index contributed by atoms with van der Waals surface area (Å²) in [5, 5.41) is 8.17. The molecule has 21 heavy (non-hydrogen) atoms. The highest BCUT2D eigenvalue weighted by Gasteiger charge is 2.16. The fourth-order valence-electron chi connectivity index (χ4n) is 2.17. The smallest absolute Gasteiger partial charge is 0.204 e. The largest absolute Gasteiger partial charge is 0.353 e. The van der Waals surface area contributed by atoms with Crippen LogP contribution in [0.25, 0.3) is 0 Å². The van der Waals surface area contributed by atoms with Crippen LogP contribution in [0.2, 0.25) is 0 Å². The Morgan fingerprint density at radius 1 is 1.33 bits per heavy atom. The molecule has 0 N–H and O–H groups in total. The van der Waals surface area contributed by atoms with E-state index in [4.69, 9.17) is 18.9 Å². The first-order chi connectivity index (χ1) is 10.3. The van der Waals surface area contributed by atoms with E-state index in [2.05, 4.69) is 10.3 Å². The second-order valence-corrected chi connectivity index (χ2v) is 4.82. The van der Waals surface area contributed by atoms with Gasteiger partial charge in [-0.2, -0.15) is 0 Å². The van der Waals surface area contributed by atoms with Crippen LogP contribution < -0.4 is 0 Å². The van der Waals surface area contributed by atoms with Crippen molar-refractivity contribution >= 4 is 0 Å². The first kappa shape index (κ1) is 16.4. The molecule has 1 atom stereocenters. The molecule has 7 nitrogen and oxygen atoms in total. The number of ether oxygens (including phenoxy) is 4. The maximum Gasteiger partial charge on any atom is 0.204 e. The van der Waals surface area contributed by atoms with Crippen molar-refractivity contribution in [1.82, 2.24) is 15.0 Å². The summed E-state index contributed by atoms with van der Waals surface area (Å²) in [6, 6.07) is 0. The van der Waals surface area contributed by atoms with Crippen LogP contribution in [-0.2, 0) is 25.5 Å². The maximum atomic E-state index is 5.68. The van der Waals surface area contributed by atoms with E-state index in [1.54, 1.807) is 4.68 Å². The van der Waals surface area contributed by atoms with E-state index in [0.717, 1.165) is 19.4 Å². The van der Waals surface area contributed by atoms with Gasteiger partial charge in [-0.1, -0.05) is 5.21 Å². The molecule has 0 amide bonds. The normalized spacial score (nSPS) is 19.3. The molecule has 1 aliphatic heterocycles. The van der Waals surface area contributed by atoms with Crippen molar-refractivity contribution in [3.63, 3.8) is 0 Å². The average Bonchev–Trinajstić information content (AvgIpc) is 2.97. The lowest BCUT2D eigenvalue weighted by atomic mass is 10.2. The molecule has 1 saturated heterocycles. The van der Waals surface area contributed by atoms with Gasteiger partial charge in [-0.05, 0) is 33.1 Å². The van der Waals surface area contributed by atoms with Crippen LogP contribution in [0.15, 0.2) is 6.20 Å². The summed E-state index contributed by atoms with van der Waals surface area (Å²) in [5.74, 6) is 0. The Bertz CT molecular complexity index is 387. The molecule has 1 aromatic heterocycles. The molecule has 1 unspecified atom stereocenters. The van der Waals surface area contributed by atoms with Gasteiger partial charge >= 0.3 is 0 Å². The summed E-state index contributed by atoms with van der Waals surface area (Å²) in [6.45, 7) is 6.98. The number of rotatable bonds is 9. The summed E-state index contributed by atoms with van der Waals surface area (Å²) in [5.41, 5.74) is 0.688. The predicted molar refractivity (Wildman–Crippen MR) is 75.6 cm³/mol. The van der Waals surface area contributed by atoms with Crippen LogP contribution >= 0.6 is 0 Å². The Labute approximate surface area is 125 Å². The van der Waals surface area contributed by atoms with Gasteiger partial charge in [0.2, 0.25) is 6.29 Å². The van der Waals surface area contributed by atoms with Crippen LogP contribution in [0.4, 0.5) is 0 Å². The van der Waals surface area contributed by atoms with Crippen molar-refractivity contribution in [2.24, 2.45) is 0 Å². The molecule has 120 valence electrons. The maximum absolute atomic E-state index is 5.68. The van der Waals surface area contributed by atoms with E-state index in [1.165, 1.54) is 6.42 Å². The molecule has 0 spiro atoms. The third-order valence-electron chi connectivity index (χ3n) is 3.20. The number of hydrogen-bond acceptors (Lipinski definition) is 6. The molecular formula is C14H25N3O4. The fraction of sp³-hybridized carbons (Fsp3) is 0.857. The molecule has 2 heterocycles. The molecule has 1 aliphatic rings. The number of nitrogens with zero attached hydrogens (tertiary/aromatic N) is 3. The van der Waals surface area contributed by atoms with Crippen molar-refractivity contribution < 1.29 is 18.9 Å². The van der Waals surface area contributed by atoms with Gasteiger partial charge in [0, 0.05) is 19.8 Å². The van der Waals surface area contributed by atoms with Crippen molar-refractivity contribution in [3.05, 3.63) is 11.9 Å². The standard InChI is InChI=1S/C14H25N3O4/c1-3-18-14(19-4-2)12-11-17(16-15-12)8-10-21-13-7-5-6-9-20-13/h11,13-14H,3-10H2,1-2H3. The molecule has 7 heteroatoms.